The lowest BCUT2D eigenvalue weighted by Crippen LogP contribution is -1.93. The maximum atomic E-state index is 9.07. The second-order valence-corrected chi connectivity index (χ2v) is 4.24. The zero-order chi connectivity index (χ0) is 11.1. The van der Waals surface area contributed by atoms with Crippen LogP contribution in [0, 0.1) is 5.92 Å². The minimum absolute atomic E-state index is 0.251. The average molecular weight is 222 g/mol. The number of methoxy groups -OCH3 is 1. The van der Waals surface area contributed by atoms with Crippen LogP contribution in [-0.4, -0.2) is 25.6 Å². The van der Waals surface area contributed by atoms with E-state index in [1.807, 2.05) is 12.1 Å². The first-order valence-electron chi connectivity index (χ1n) is 5.42. The molecule has 1 heterocycles. The van der Waals surface area contributed by atoms with Crippen LogP contribution in [-0.2, 0) is 0 Å². The summed E-state index contributed by atoms with van der Waals surface area (Å²) >= 11 is 0. The molecule has 2 atom stereocenters. The molecular formula is C12H14O4. The molecule has 1 saturated carbocycles. The monoisotopic (exact) mass is 222 g/mol. The van der Waals surface area contributed by atoms with Gasteiger partial charge in [-0.05, 0) is 36.0 Å². The Bertz CT molecular complexity index is 416. The highest BCUT2D eigenvalue weighted by Gasteiger charge is 2.39. The first-order valence-corrected chi connectivity index (χ1v) is 5.42. The second-order valence-electron chi connectivity index (χ2n) is 4.24. The Hall–Kier alpha value is -1.42. The van der Waals surface area contributed by atoms with Crippen molar-refractivity contribution < 1.29 is 19.3 Å². The Morgan fingerprint density at radius 3 is 3.00 bits per heavy atom. The van der Waals surface area contributed by atoms with Crippen LogP contribution < -0.4 is 14.2 Å². The molecule has 16 heavy (non-hydrogen) atoms. The van der Waals surface area contributed by atoms with Gasteiger partial charge >= 0.3 is 0 Å². The lowest BCUT2D eigenvalue weighted by atomic mass is 10.1. The van der Waals surface area contributed by atoms with Gasteiger partial charge in [0.25, 0.3) is 0 Å². The van der Waals surface area contributed by atoms with Crippen LogP contribution in [0.4, 0.5) is 0 Å². The molecule has 1 N–H and O–H groups in total. The number of ether oxygens (including phenoxy) is 3. The summed E-state index contributed by atoms with van der Waals surface area (Å²) in [5.74, 6) is 2.98. The molecule has 0 spiro atoms. The highest BCUT2D eigenvalue weighted by atomic mass is 16.7. The van der Waals surface area contributed by atoms with Crippen LogP contribution >= 0.6 is 0 Å². The summed E-state index contributed by atoms with van der Waals surface area (Å²) in [6, 6.07) is 3.97. The topological polar surface area (TPSA) is 47.9 Å². The van der Waals surface area contributed by atoms with E-state index in [-0.39, 0.29) is 13.4 Å². The number of benzene rings is 1. The normalized spacial score (nSPS) is 25.6. The molecule has 2 unspecified atom stereocenters. The van der Waals surface area contributed by atoms with Gasteiger partial charge in [0.05, 0.1) is 7.11 Å². The molecule has 0 radical (unpaired) electrons. The first-order chi connectivity index (χ1) is 7.83. The van der Waals surface area contributed by atoms with Crippen molar-refractivity contribution in [3.63, 3.8) is 0 Å². The zero-order valence-electron chi connectivity index (χ0n) is 9.10. The Labute approximate surface area is 93.7 Å². The van der Waals surface area contributed by atoms with Crippen LogP contribution in [0.15, 0.2) is 12.1 Å². The third-order valence-electron chi connectivity index (χ3n) is 3.27. The average Bonchev–Trinajstić information content (AvgIpc) is 2.96. The van der Waals surface area contributed by atoms with Gasteiger partial charge in [-0.1, -0.05) is 0 Å². The number of aliphatic hydroxyl groups is 1. The largest absolute Gasteiger partial charge is 0.493 e. The smallest absolute Gasteiger partial charge is 0.231 e. The summed E-state index contributed by atoms with van der Waals surface area (Å²) in [6.07, 6.45) is 1.04. The molecule has 1 aromatic rings. The van der Waals surface area contributed by atoms with Crippen LogP contribution in [0.5, 0.6) is 17.2 Å². The van der Waals surface area contributed by atoms with Gasteiger partial charge in [-0.25, -0.2) is 0 Å². The van der Waals surface area contributed by atoms with Crippen LogP contribution in [0.2, 0.25) is 0 Å². The molecule has 1 fully saturated rings. The van der Waals surface area contributed by atoms with E-state index in [0.717, 1.165) is 12.2 Å². The molecule has 0 amide bonds. The van der Waals surface area contributed by atoms with E-state index in [1.165, 1.54) is 5.56 Å². The molecule has 4 heteroatoms. The SMILES string of the molecule is COc1cc(C2CC2CO)cc2c1OCO2. The minimum Gasteiger partial charge on any atom is -0.493 e. The second kappa shape index (κ2) is 3.56. The molecular weight excluding hydrogens is 208 g/mol. The summed E-state index contributed by atoms with van der Waals surface area (Å²) in [5, 5.41) is 9.07. The summed E-state index contributed by atoms with van der Waals surface area (Å²) in [7, 11) is 1.62. The van der Waals surface area contributed by atoms with E-state index in [1.54, 1.807) is 7.11 Å². The summed E-state index contributed by atoms with van der Waals surface area (Å²) in [6.45, 7) is 0.505. The quantitative estimate of drug-likeness (QED) is 0.842. The van der Waals surface area contributed by atoms with Crippen molar-refractivity contribution in [3.8, 4) is 17.2 Å². The Morgan fingerprint density at radius 2 is 2.31 bits per heavy atom. The molecule has 86 valence electrons. The van der Waals surface area contributed by atoms with Crippen molar-refractivity contribution in [2.24, 2.45) is 5.92 Å². The molecule has 2 aliphatic rings. The molecule has 0 bridgehead atoms. The standard InChI is InChI=1S/C12H14O4/c1-14-10-3-7(9-2-8(9)5-13)4-11-12(10)16-6-15-11/h3-4,8-9,13H,2,5-6H2,1H3. The van der Waals surface area contributed by atoms with Crippen LogP contribution in [0.1, 0.15) is 17.9 Å². The van der Waals surface area contributed by atoms with Gasteiger partial charge in [0.15, 0.2) is 11.5 Å². The van der Waals surface area contributed by atoms with Crippen molar-refractivity contribution in [3.05, 3.63) is 17.7 Å². The number of hydrogen-bond donors (Lipinski definition) is 1. The maximum Gasteiger partial charge on any atom is 0.231 e. The molecule has 1 aliphatic carbocycles. The number of fused-ring (bicyclic) bond motifs is 1. The molecule has 3 rings (SSSR count). The van der Waals surface area contributed by atoms with E-state index in [4.69, 9.17) is 19.3 Å². The lowest BCUT2D eigenvalue weighted by Gasteiger charge is -2.07. The van der Waals surface area contributed by atoms with E-state index >= 15 is 0 Å². The molecule has 0 aromatic heterocycles. The fourth-order valence-electron chi connectivity index (χ4n) is 2.22. The van der Waals surface area contributed by atoms with Crippen LogP contribution in [0.3, 0.4) is 0 Å². The Morgan fingerprint density at radius 1 is 1.44 bits per heavy atom. The highest BCUT2D eigenvalue weighted by Crippen LogP contribution is 2.51. The summed E-state index contributed by atoms with van der Waals surface area (Å²) in [4.78, 5) is 0. The van der Waals surface area contributed by atoms with Crippen molar-refractivity contribution in [2.75, 3.05) is 20.5 Å². The fourth-order valence-corrected chi connectivity index (χ4v) is 2.22. The van der Waals surface area contributed by atoms with E-state index in [0.29, 0.717) is 23.3 Å². The highest BCUT2D eigenvalue weighted by molar-refractivity contribution is 5.56. The predicted molar refractivity (Wildman–Crippen MR) is 57.1 cm³/mol. The van der Waals surface area contributed by atoms with Gasteiger partial charge in [0.2, 0.25) is 12.5 Å². The van der Waals surface area contributed by atoms with Gasteiger partial charge in [-0.3, -0.25) is 0 Å². The summed E-state index contributed by atoms with van der Waals surface area (Å²) < 4.78 is 16.0. The van der Waals surface area contributed by atoms with Gasteiger partial charge in [-0.2, -0.15) is 0 Å². The van der Waals surface area contributed by atoms with Crippen molar-refractivity contribution in [1.82, 2.24) is 0 Å². The van der Waals surface area contributed by atoms with Crippen LogP contribution in [0.25, 0.3) is 0 Å². The van der Waals surface area contributed by atoms with E-state index < -0.39 is 0 Å². The molecule has 0 saturated heterocycles. The third-order valence-corrected chi connectivity index (χ3v) is 3.27. The predicted octanol–water partition coefficient (Wildman–Crippen LogP) is 1.52. The third kappa shape index (κ3) is 1.41. The van der Waals surface area contributed by atoms with Crippen molar-refractivity contribution in [1.29, 1.82) is 0 Å². The van der Waals surface area contributed by atoms with Crippen molar-refractivity contribution in [2.45, 2.75) is 12.3 Å². The fraction of sp³-hybridized carbons (Fsp3) is 0.500. The van der Waals surface area contributed by atoms with E-state index in [2.05, 4.69) is 0 Å². The lowest BCUT2D eigenvalue weighted by molar-refractivity contribution is 0.171. The molecule has 1 aromatic carbocycles. The zero-order valence-corrected chi connectivity index (χ0v) is 9.10. The number of hydrogen-bond acceptors (Lipinski definition) is 4. The number of rotatable bonds is 3. The maximum absolute atomic E-state index is 9.07. The van der Waals surface area contributed by atoms with Crippen molar-refractivity contribution >= 4 is 0 Å². The van der Waals surface area contributed by atoms with Gasteiger partial charge in [-0.15, -0.1) is 0 Å². The van der Waals surface area contributed by atoms with E-state index in [9.17, 15) is 0 Å². The Kier molecular flexibility index (Phi) is 2.17. The Balaban J connectivity index is 1.96. The first kappa shape index (κ1) is 9.78. The van der Waals surface area contributed by atoms with Gasteiger partial charge in [0.1, 0.15) is 0 Å². The minimum atomic E-state index is 0.251. The van der Waals surface area contributed by atoms with Gasteiger partial charge in [0, 0.05) is 6.61 Å². The molecule has 1 aliphatic heterocycles. The van der Waals surface area contributed by atoms with Gasteiger partial charge < -0.3 is 19.3 Å². The number of aliphatic hydroxyl groups excluding tert-OH is 1. The summed E-state index contributed by atoms with van der Waals surface area (Å²) in [5.41, 5.74) is 1.17. The molecule has 4 nitrogen and oxygen atoms in total.